The third-order valence-electron chi connectivity index (χ3n) is 2.89. The molecule has 0 rings (SSSR count). The summed E-state index contributed by atoms with van der Waals surface area (Å²) in [4.78, 5) is 44.6. The molecule has 0 aliphatic carbocycles. The van der Waals surface area contributed by atoms with Crippen LogP contribution in [0.1, 0.15) is 46.5 Å². The molecule has 0 bridgehead atoms. The Bertz CT molecular complexity index is 309. The van der Waals surface area contributed by atoms with Crippen molar-refractivity contribution in [3.63, 3.8) is 0 Å². The Labute approximate surface area is 100 Å². The van der Waals surface area contributed by atoms with Crippen LogP contribution >= 0.6 is 0 Å². The number of hydrogen-bond donors (Lipinski definition) is 1. The number of Topliss-reactive ketones (excluding diaryl/α,β-unsaturated/α-hetero) is 3. The molecular formula is C12H18O5. The van der Waals surface area contributed by atoms with Crippen LogP contribution in [-0.2, 0) is 19.2 Å². The molecule has 96 valence electrons. The highest BCUT2D eigenvalue weighted by Gasteiger charge is 2.42. The summed E-state index contributed by atoms with van der Waals surface area (Å²) in [5, 5.41) is 9.18. The van der Waals surface area contributed by atoms with Crippen molar-refractivity contribution in [2.75, 3.05) is 0 Å². The smallest absolute Gasteiger partial charge is 0.317 e. The fourth-order valence-electron chi connectivity index (χ4n) is 1.62. The van der Waals surface area contributed by atoms with Crippen molar-refractivity contribution in [2.45, 2.75) is 46.5 Å². The monoisotopic (exact) mass is 242 g/mol. The van der Waals surface area contributed by atoms with Gasteiger partial charge in [-0.05, 0) is 33.6 Å². The molecule has 5 heteroatoms. The van der Waals surface area contributed by atoms with Crippen LogP contribution in [0.15, 0.2) is 0 Å². The standard InChI is InChI=1S/C12H18O5/c1-8(13)4-6-12(10(3)15,11(16)17)7-5-9(2)14/h4-7H2,1-3H3,(H,16,17). The third-order valence-corrected chi connectivity index (χ3v) is 2.89. The summed E-state index contributed by atoms with van der Waals surface area (Å²) in [6.45, 7) is 3.88. The molecule has 0 aliphatic heterocycles. The van der Waals surface area contributed by atoms with Gasteiger partial charge in [-0.15, -0.1) is 0 Å². The highest BCUT2D eigenvalue weighted by atomic mass is 16.4. The van der Waals surface area contributed by atoms with Gasteiger partial charge in [0.2, 0.25) is 0 Å². The predicted molar refractivity (Wildman–Crippen MR) is 60.6 cm³/mol. The first-order valence-corrected chi connectivity index (χ1v) is 5.45. The number of rotatable bonds is 8. The second-order valence-electron chi connectivity index (χ2n) is 4.35. The van der Waals surface area contributed by atoms with E-state index in [1.807, 2.05) is 0 Å². The van der Waals surface area contributed by atoms with Crippen LogP contribution in [-0.4, -0.2) is 28.4 Å². The van der Waals surface area contributed by atoms with Crippen LogP contribution in [0.5, 0.6) is 0 Å². The van der Waals surface area contributed by atoms with Gasteiger partial charge in [-0.1, -0.05) is 0 Å². The van der Waals surface area contributed by atoms with Crippen molar-refractivity contribution >= 4 is 23.3 Å². The van der Waals surface area contributed by atoms with Crippen LogP contribution in [0.2, 0.25) is 0 Å². The van der Waals surface area contributed by atoms with E-state index in [0.29, 0.717) is 0 Å². The van der Waals surface area contributed by atoms with Crippen LogP contribution in [0.4, 0.5) is 0 Å². The first-order valence-electron chi connectivity index (χ1n) is 5.45. The minimum atomic E-state index is -1.60. The number of carboxylic acid groups (broad SMARTS) is 1. The lowest BCUT2D eigenvalue weighted by Crippen LogP contribution is -2.38. The van der Waals surface area contributed by atoms with Gasteiger partial charge in [0.15, 0.2) is 0 Å². The second-order valence-corrected chi connectivity index (χ2v) is 4.35. The molecule has 0 fully saturated rings. The quantitative estimate of drug-likeness (QED) is 0.649. The molecule has 0 amide bonds. The van der Waals surface area contributed by atoms with Gasteiger partial charge in [-0.2, -0.15) is 0 Å². The van der Waals surface area contributed by atoms with Crippen LogP contribution < -0.4 is 0 Å². The van der Waals surface area contributed by atoms with E-state index in [1.165, 1.54) is 20.8 Å². The molecule has 0 radical (unpaired) electrons. The number of carbonyl (C=O) groups is 4. The van der Waals surface area contributed by atoms with E-state index >= 15 is 0 Å². The molecule has 0 saturated heterocycles. The summed E-state index contributed by atoms with van der Waals surface area (Å²) in [5.41, 5.74) is -1.60. The van der Waals surface area contributed by atoms with E-state index in [0.717, 1.165) is 0 Å². The van der Waals surface area contributed by atoms with Gasteiger partial charge in [-0.25, -0.2) is 0 Å². The van der Waals surface area contributed by atoms with E-state index in [9.17, 15) is 24.3 Å². The van der Waals surface area contributed by atoms with Gasteiger partial charge in [0.05, 0.1) is 0 Å². The first-order chi connectivity index (χ1) is 7.72. The average Bonchev–Trinajstić information content (AvgIpc) is 2.16. The van der Waals surface area contributed by atoms with Gasteiger partial charge in [0, 0.05) is 12.8 Å². The fraction of sp³-hybridized carbons (Fsp3) is 0.667. The van der Waals surface area contributed by atoms with E-state index < -0.39 is 17.2 Å². The van der Waals surface area contributed by atoms with E-state index in [1.54, 1.807) is 0 Å². The van der Waals surface area contributed by atoms with Gasteiger partial charge in [0.1, 0.15) is 22.8 Å². The third kappa shape index (κ3) is 4.46. The molecule has 5 nitrogen and oxygen atoms in total. The van der Waals surface area contributed by atoms with Crippen molar-refractivity contribution in [2.24, 2.45) is 5.41 Å². The maximum absolute atomic E-state index is 11.5. The van der Waals surface area contributed by atoms with Crippen molar-refractivity contribution in [3.05, 3.63) is 0 Å². The maximum atomic E-state index is 11.5. The Balaban J connectivity index is 4.99. The van der Waals surface area contributed by atoms with Gasteiger partial charge in [0.25, 0.3) is 0 Å². The number of carbonyl (C=O) groups excluding carboxylic acids is 3. The molecule has 0 heterocycles. The first kappa shape index (κ1) is 15.5. The Kier molecular flexibility index (Phi) is 5.71. The zero-order chi connectivity index (χ0) is 13.6. The second kappa shape index (κ2) is 6.27. The van der Waals surface area contributed by atoms with Crippen LogP contribution in [0, 0.1) is 5.41 Å². The van der Waals surface area contributed by atoms with Gasteiger partial charge in [-0.3, -0.25) is 9.59 Å². The van der Waals surface area contributed by atoms with Crippen molar-refractivity contribution in [1.82, 2.24) is 0 Å². The Morgan fingerprint density at radius 1 is 0.882 bits per heavy atom. The highest BCUT2D eigenvalue weighted by Crippen LogP contribution is 2.31. The summed E-state index contributed by atoms with van der Waals surface area (Å²) >= 11 is 0. The lowest BCUT2D eigenvalue weighted by Gasteiger charge is -2.25. The zero-order valence-corrected chi connectivity index (χ0v) is 10.4. The summed E-state index contributed by atoms with van der Waals surface area (Å²) in [5.74, 6) is -2.10. The molecule has 0 unspecified atom stereocenters. The molecule has 1 N–H and O–H groups in total. The molecule has 0 spiro atoms. The predicted octanol–water partition coefficient (Wildman–Crippen LogP) is 1.38. The van der Waals surface area contributed by atoms with Crippen LogP contribution in [0.25, 0.3) is 0 Å². The van der Waals surface area contributed by atoms with Gasteiger partial charge < -0.3 is 14.7 Å². The minimum absolute atomic E-state index is 0.0315. The summed E-state index contributed by atoms with van der Waals surface area (Å²) < 4.78 is 0. The molecule has 0 aromatic rings. The van der Waals surface area contributed by atoms with E-state index in [2.05, 4.69) is 0 Å². The van der Waals surface area contributed by atoms with Crippen molar-refractivity contribution < 1.29 is 24.3 Å². The molecule has 17 heavy (non-hydrogen) atoms. The van der Waals surface area contributed by atoms with Crippen LogP contribution in [0.3, 0.4) is 0 Å². The molecular weight excluding hydrogens is 224 g/mol. The fourth-order valence-corrected chi connectivity index (χ4v) is 1.62. The van der Waals surface area contributed by atoms with E-state index in [4.69, 9.17) is 0 Å². The van der Waals surface area contributed by atoms with E-state index in [-0.39, 0.29) is 37.2 Å². The molecule has 0 aromatic heterocycles. The zero-order valence-electron chi connectivity index (χ0n) is 10.4. The number of aliphatic carboxylic acids is 1. The normalized spacial score (nSPS) is 11.0. The SMILES string of the molecule is CC(=O)CCC(CCC(C)=O)(C(C)=O)C(=O)O. The van der Waals surface area contributed by atoms with Crippen molar-refractivity contribution in [1.29, 1.82) is 0 Å². The Hall–Kier alpha value is -1.52. The summed E-state index contributed by atoms with van der Waals surface area (Å²) in [6.07, 6.45) is -0.0197. The topological polar surface area (TPSA) is 88.5 Å². The van der Waals surface area contributed by atoms with Gasteiger partial charge >= 0.3 is 5.97 Å². The lowest BCUT2D eigenvalue weighted by atomic mass is 9.75. The summed E-state index contributed by atoms with van der Waals surface area (Å²) in [7, 11) is 0. The lowest BCUT2D eigenvalue weighted by molar-refractivity contribution is -0.155. The number of ketones is 3. The maximum Gasteiger partial charge on any atom is 0.317 e. The average molecular weight is 242 g/mol. The Morgan fingerprint density at radius 2 is 1.24 bits per heavy atom. The highest BCUT2D eigenvalue weighted by molar-refractivity contribution is 6.02. The molecule has 0 aromatic carbocycles. The molecule has 0 atom stereocenters. The largest absolute Gasteiger partial charge is 0.480 e. The molecule has 0 aliphatic rings. The number of carboxylic acids is 1. The Morgan fingerprint density at radius 3 is 1.41 bits per heavy atom. The molecule has 0 saturated carbocycles. The summed E-state index contributed by atoms with van der Waals surface area (Å²) in [6, 6.07) is 0. The van der Waals surface area contributed by atoms with Crippen molar-refractivity contribution in [3.8, 4) is 0 Å². The minimum Gasteiger partial charge on any atom is -0.480 e. The number of hydrogen-bond acceptors (Lipinski definition) is 4.